The lowest BCUT2D eigenvalue weighted by Gasteiger charge is -2.19. The smallest absolute Gasteiger partial charge is 0.273 e. The van der Waals surface area contributed by atoms with Crippen LogP contribution in [-0.2, 0) is 24.2 Å². The number of benzene rings is 1. The number of rotatable bonds is 11. The Morgan fingerprint density at radius 2 is 1.86 bits per heavy atom. The van der Waals surface area contributed by atoms with Gasteiger partial charge in [0.05, 0.1) is 29.8 Å². The number of aromatic nitrogens is 4. The minimum atomic E-state index is -0.489. The van der Waals surface area contributed by atoms with Crippen LogP contribution >= 0.6 is 0 Å². The Kier molecular flexibility index (Phi) is 9.82. The maximum absolute atomic E-state index is 13.7. The molecule has 1 amide bonds. The van der Waals surface area contributed by atoms with E-state index >= 15 is 0 Å². The number of fused-ring (bicyclic) bond motifs is 1. The van der Waals surface area contributed by atoms with Crippen LogP contribution in [0.3, 0.4) is 0 Å². The van der Waals surface area contributed by atoms with E-state index < -0.39 is 11.7 Å². The standard InChI is InChI=1S/C24H25FN6O3.C2H6/c1-16(32)14-31(11-8-22-28-18-6-2-3-7-19(18)29-22)12-9-23-30-21(15-34-23)24(33)27-13-20-17(25)5-4-10-26-20;1-2/h2-7,10,15H,8-9,11-14H2,1H3,(H,27,33)(H,28,29);1-2H3. The highest BCUT2D eigenvalue weighted by Gasteiger charge is 2.15. The molecular weight excluding hydrogens is 463 g/mol. The van der Waals surface area contributed by atoms with E-state index in [1.165, 1.54) is 24.6 Å². The minimum Gasteiger partial charge on any atom is -0.448 e. The molecule has 0 saturated heterocycles. The quantitative estimate of drug-likeness (QED) is 0.326. The number of ketones is 1. The molecule has 0 unspecified atom stereocenters. The zero-order valence-electron chi connectivity index (χ0n) is 20.8. The lowest BCUT2D eigenvalue weighted by Crippen LogP contribution is -2.33. The molecule has 0 fully saturated rings. The Balaban J connectivity index is 0.00000176. The van der Waals surface area contributed by atoms with E-state index in [1.54, 1.807) is 6.92 Å². The number of hydrogen-bond donors (Lipinski definition) is 2. The molecule has 0 radical (unpaired) electrons. The third kappa shape index (κ3) is 7.54. The molecule has 10 heteroatoms. The van der Waals surface area contributed by atoms with Gasteiger partial charge >= 0.3 is 0 Å². The SMILES string of the molecule is CC.CC(=O)CN(CCc1nc2ccccc2[nH]1)CCc1nc(C(=O)NCc2ncccc2F)co1. The van der Waals surface area contributed by atoms with Crippen LogP contribution < -0.4 is 5.32 Å². The monoisotopic (exact) mass is 494 g/mol. The number of aromatic amines is 1. The number of hydrogen-bond acceptors (Lipinski definition) is 7. The van der Waals surface area contributed by atoms with Gasteiger partial charge in [-0.1, -0.05) is 26.0 Å². The highest BCUT2D eigenvalue weighted by Crippen LogP contribution is 2.11. The molecule has 9 nitrogen and oxygen atoms in total. The van der Waals surface area contributed by atoms with E-state index in [1.807, 2.05) is 43.0 Å². The molecule has 36 heavy (non-hydrogen) atoms. The second-order valence-electron chi connectivity index (χ2n) is 7.92. The zero-order chi connectivity index (χ0) is 25.9. The van der Waals surface area contributed by atoms with Crippen LogP contribution in [0.1, 0.15) is 48.7 Å². The molecule has 3 heterocycles. The summed E-state index contributed by atoms with van der Waals surface area (Å²) in [6.07, 6.45) is 3.81. The van der Waals surface area contributed by atoms with Gasteiger partial charge in [-0.2, -0.15) is 0 Å². The molecule has 4 aromatic rings. The molecule has 0 bridgehead atoms. The summed E-state index contributed by atoms with van der Waals surface area (Å²) in [5.41, 5.74) is 2.13. The molecule has 1 aromatic carbocycles. The number of nitrogens with zero attached hydrogens (tertiary/aromatic N) is 4. The molecule has 0 atom stereocenters. The number of pyridine rings is 1. The lowest BCUT2D eigenvalue weighted by molar-refractivity contribution is -0.118. The average Bonchev–Trinajstić information content (AvgIpc) is 3.53. The summed E-state index contributed by atoms with van der Waals surface area (Å²) < 4.78 is 19.1. The van der Waals surface area contributed by atoms with Crippen molar-refractivity contribution in [1.82, 2.24) is 30.2 Å². The Bertz CT molecular complexity index is 1250. The van der Waals surface area contributed by atoms with Crippen molar-refractivity contribution in [3.8, 4) is 0 Å². The number of carbonyl (C=O) groups is 2. The van der Waals surface area contributed by atoms with Crippen molar-refractivity contribution < 1.29 is 18.4 Å². The molecule has 0 aliphatic rings. The van der Waals surface area contributed by atoms with E-state index in [-0.39, 0.29) is 23.7 Å². The third-order valence-electron chi connectivity index (χ3n) is 5.23. The number of oxazole rings is 1. The lowest BCUT2D eigenvalue weighted by atomic mass is 10.3. The van der Waals surface area contributed by atoms with Crippen molar-refractivity contribution >= 4 is 22.7 Å². The van der Waals surface area contributed by atoms with Crippen LogP contribution in [0.5, 0.6) is 0 Å². The average molecular weight is 495 g/mol. The van der Waals surface area contributed by atoms with E-state index in [9.17, 15) is 14.0 Å². The first-order valence-corrected chi connectivity index (χ1v) is 12.0. The second kappa shape index (κ2) is 13.2. The predicted molar refractivity (Wildman–Crippen MR) is 134 cm³/mol. The van der Waals surface area contributed by atoms with Gasteiger partial charge in [0.2, 0.25) is 0 Å². The van der Waals surface area contributed by atoms with E-state index in [4.69, 9.17) is 4.42 Å². The summed E-state index contributed by atoms with van der Waals surface area (Å²) >= 11 is 0. The zero-order valence-corrected chi connectivity index (χ0v) is 20.8. The van der Waals surface area contributed by atoms with Gasteiger partial charge in [-0.25, -0.2) is 14.4 Å². The number of para-hydroxylation sites is 2. The first kappa shape index (κ1) is 26.7. The van der Waals surface area contributed by atoms with Crippen molar-refractivity contribution in [2.75, 3.05) is 19.6 Å². The fraction of sp³-hybridized carbons (Fsp3) is 0.346. The summed E-state index contributed by atoms with van der Waals surface area (Å²) in [6, 6.07) is 10.6. The molecule has 0 saturated carbocycles. The van der Waals surface area contributed by atoms with Crippen molar-refractivity contribution in [3.63, 3.8) is 0 Å². The van der Waals surface area contributed by atoms with Gasteiger partial charge in [-0.3, -0.25) is 19.5 Å². The Morgan fingerprint density at radius 1 is 1.08 bits per heavy atom. The summed E-state index contributed by atoms with van der Waals surface area (Å²) in [7, 11) is 0. The van der Waals surface area contributed by atoms with Gasteiger partial charge < -0.3 is 14.7 Å². The summed E-state index contributed by atoms with van der Waals surface area (Å²) in [5, 5.41) is 2.58. The highest BCUT2D eigenvalue weighted by atomic mass is 19.1. The largest absolute Gasteiger partial charge is 0.448 e. The fourth-order valence-corrected chi connectivity index (χ4v) is 3.56. The molecule has 3 aromatic heterocycles. The molecular formula is C26H31FN6O3. The van der Waals surface area contributed by atoms with Crippen LogP contribution in [0.25, 0.3) is 11.0 Å². The number of amides is 1. The number of Topliss-reactive ketones (excluding diaryl/α,β-unsaturated/α-hetero) is 1. The summed E-state index contributed by atoms with van der Waals surface area (Å²) in [5.74, 6) is 0.321. The molecule has 0 aliphatic heterocycles. The Morgan fingerprint density at radius 3 is 2.61 bits per heavy atom. The summed E-state index contributed by atoms with van der Waals surface area (Å²) in [6.45, 7) is 6.95. The van der Waals surface area contributed by atoms with Crippen molar-refractivity contribution in [3.05, 3.63) is 77.8 Å². The summed E-state index contributed by atoms with van der Waals surface area (Å²) in [4.78, 5) is 42.0. The topological polar surface area (TPSA) is 117 Å². The van der Waals surface area contributed by atoms with Crippen LogP contribution in [0, 0.1) is 5.82 Å². The van der Waals surface area contributed by atoms with Crippen LogP contribution in [0.2, 0.25) is 0 Å². The van der Waals surface area contributed by atoms with Gasteiger partial charge in [0.25, 0.3) is 5.91 Å². The number of H-pyrrole nitrogens is 1. The number of imidazole rings is 1. The Labute approximate surface area is 209 Å². The third-order valence-corrected chi connectivity index (χ3v) is 5.23. The van der Waals surface area contributed by atoms with Crippen LogP contribution in [0.4, 0.5) is 4.39 Å². The minimum absolute atomic E-state index is 0.0537. The van der Waals surface area contributed by atoms with E-state index in [0.29, 0.717) is 38.4 Å². The molecule has 0 aliphatic carbocycles. The number of halogens is 1. The number of nitrogens with one attached hydrogen (secondary N) is 2. The van der Waals surface area contributed by atoms with Gasteiger partial charge in [-0.15, -0.1) is 0 Å². The van der Waals surface area contributed by atoms with Gasteiger partial charge in [0.15, 0.2) is 11.6 Å². The van der Waals surface area contributed by atoms with Crippen molar-refractivity contribution in [2.45, 2.75) is 40.2 Å². The second-order valence-corrected chi connectivity index (χ2v) is 7.92. The van der Waals surface area contributed by atoms with Gasteiger partial charge in [-0.05, 0) is 31.2 Å². The van der Waals surface area contributed by atoms with Crippen molar-refractivity contribution in [1.29, 1.82) is 0 Å². The maximum Gasteiger partial charge on any atom is 0.273 e. The maximum atomic E-state index is 13.7. The van der Waals surface area contributed by atoms with Crippen LogP contribution in [-0.4, -0.2) is 56.2 Å². The molecule has 0 spiro atoms. The molecule has 2 N–H and O–H groups in total. The Hall–Kier alpha value is -3.92. The fourth-order valence-electron chi connectivity index (χ4n) is 3.56. The molecule has 4 rings (SSSR count). The normalized spacial score (nSPS) is 10.8. The van der Waals surface area contributed by atoms with E-state index in [2.05, 4.69) is 25.3 Å². The van der Waals surface area contributed by atoms with E-state index in [0.717, 1.165) is 16.9 Å². The first-order valence-electron chi connectivity index (χ1n) is 12.0. The van der Waals surface area contributed by atoms with Gasteiger partial charge in [0, 0.05) is 32.1 Å². The number of carbonyl (C=O) groups excluding carboxylic acids is 2. The van der Waals surface area contributed by atoms with Crippen molar-refractivity contribution in [2.24, 2.45) is 0 Å². The van der Waals surface area contributed by atoms with Gasteiger partial charge in [0.1, 0.15) is 23.7 Å². The highest BCUT2D eigenvalue weighted by molar-refractivity contribution is 5.91. The van der Waals surface area contributed by atoms with Crippen LogP contribution in [0.15, 0.2) is 53.3 Å². The predicted octanol–water partition coefficient (Wildman–Crippen LogP) is 3.72. The first-order chi connectivity index (χ1) is 17.5. The molecule has 190 valence electrons.